The van der Waals surface area contributed by atoms with Crippen molar-refractivity contribution in [3.05, 3.63) is 93.5 Å². The van der Waals surface area contributed by atoms with Crippen LogP contribution in [0.1, 0.15) is 70.2 Å². The lowest BCUT2D eigenvalue weighted by Gasteiger charge is -2.24. The molecule has 0 spiro atoms. The molecule has 1 aliphatic heterocycles. The van der Waals surface area contributed by atoms with Crippen LogP contribution >= 0.6 is 51.3 Å². The average Bonchev–Trinajstić information content (AvgIpc) is 3.03. The van der Waals surface area contributed by atoms with E-state index in [1.165, 1.54) is 0 Å². The van der Waals surface area contributed by atoms with Crippen LogP contribution in [0.4, 0.5) is 11.4 Å². The fourth-order valence-corrected chi connectivity index (χ4v) is 4.30. The second-order valence-electron chi connectivity index (χ2n) is 8.31. The lowest BCUT2D eigenvalue weighted by atomic mass is 10.0. The molecule has 0 aromatic heterocycles. The Balaban J connectivity index is 0.000000773. The molecule has 3 aromatic rings. The number of aryl methyl sites for hydroxylation is 2. The van der Waals surface area contributed by atoms with Gasteiger partial charge in [-0.25, -0.2) is 0 Å². The number of fused-ring (bicyclic) bond motifs is 1. The van der Waals surface area contributed by atoms with Crippen molar-refractivity contribution in [3.8, 4) is 0 Å². The number of aliphatic hydroxyl groups excluding tert-OH is 1. The summed E-state index contributed by atoms with van der Waals surface area (Å²) in [5, 5.41) is 13.9. The number of aliphatic hydroxyl groups is 1. The van der Waals surface area contributed by atoms with Gasteiger partial charge in [0.2, 0.25) is 0 Å². The third-order valence-corrected chi connectivity index (χ3v) is 6.08. The number of nitrogens with one attached hydrogen (secondary N) is 1. The van der Waals surface area contributed by atoms with Gasteiger partial charge in [-0.05, 0) is 80.3 Å². The van der Waals surface area contributed by atoms with E-state index >= 15 is 0 Å². The van der Waals surface area contributed by atoms with Gasteiger partial charge in [0.25, 0.3) is 11.8 Å². The van der Waals surface area contributed by atoms with E-state index in [0.717, 1.165) is 11.1 Å². The van der Waals surface area contributed by atoms with Crippen molar-refractivity contribution >= 4 is 74.5 Å². The van der Waals surface area contributed by atoms with E-state index in [4.69, 9.17) is 45.3 Å². The van der Waals surface area contributed by atoms with Gasteiger partial charge in [0.1, 0.15) is 0 Å². The molecule has 10 heteroatoms. The Kier molecular flexibility index (Phi) is 13.3. The summed E-state index contributed by atoms with van der Waals surface area (Å²) in [7, 11) is 0. The van der Waals surface area contributed by atoms with Gasteiger partial charge in [0.15, 0.2) is 5.98 Å². The molecule has 0 fully saturated rings. The van der Waals surface area contributed by atoms with E-state index in [9.17, 15) is 14.7 Å². The standard InChI is InChI=1S/C26H25ClN2O3.C2H6.Cl3P/c1-16-6-3-4-7-20(16)25(31)28-19-10-11-21(17(2)14-19)26(32)29-13-5-8-24(30)22-15-18(27)9-12-23(22)29;1-2;1-4(2)3/h3-4,6-7,9-12,14-15,24,30H,5,8,13H2,1-2H3,(H,28,31);1-2H3;. The summed E-state index contributed by atoms with van der Waals surface area (Å²) in [4.78, 5) is 27.8. The molecular weight excluding hydrogens is 585 g/mol. The van der Waals surface area contributed by atoms with Crippen LogP contribution in [-0.2, 0) is 0 Å². The van der Waals surface area contributed by atoms with Crippen molar-refractivity contribution in [3.63, 3.8) is 0 Å². The lowest BCUT2D eigenvalue weighted by molar-refractivity contribution is 0.0985. The van der Waals surface area contributed by atoms with Crippen LogP contribution in [0.3, 0.4) is 0 Å². The fourth-order valence-electron chi connectivity index (χ4n) is 4.12. The van der Waals surface area contributed by atoms with Crippen molar-refractivity contribution in [1.29, 1.82) is 0 Å². The maximum atomic E-state index is 13.5. The SMILES string of the molecule is CC.Cc1ccccc1C(=O)Nc1ccc(C(=O)N2CCCC(O)c3cc(Cl)ccc32)c(C)c1.ClP(Cl)Cl. The van der Waals surface area contributed by atoms with Crippen molar-refractivity contribution in [2.75, 3.05) is 16.8 Å². The van der Waals surface area contributed by atoms with Gasteiger partial charge >= 0.3 is 0 Å². The highest BCUT2D eigenvalue weighted by Gasteiger charge is 2.27. The highest BCUT2D eigenvalue weighted by molar-refractivity contribution is 8.20. The molecule has 2 amide bonds. The van der Waals surface area contributed by atoms with Crippen LogP contribution in [0.5, 0.6) is 0 Å². The Morgan fingerprint density at radius 3 is 2.24 bits per heavy atom. The van der Waals surface area contributed by atoms with Gasteiger partial charge in [-0.15, -0.1) is 0 Å². The zero-order valence-electron chi connectivity index (χ0n) is 21.6. The number of anilines is 2. The molecule has 1 aliphatic rings. The summed E-state index contributed by atoms with van der Waals surface area (Å²) in [6, 6.07) is 17.9. The summed E-state index contributed by atoms with van der Waals surface area (Å²) >= 11 is 20.7. The van der Waals surface area contributed by atoms with Crippen LogP contribution in [0, 0.1) is 13.8 Å². The molecule has 0 saturated carbocycles. The van der Waals surface area contributed by atoms with Crippen LogP contribution in [0.25, 0.3) is 0 Å². The summed E-state index contributed by atoms with van der Waals surface area (Å²) in [6.45, 7) is 8.26. The number of benzene rings is 3. The first-order chi connectivity index (χ1) is 18.1. The molecule has 4 rings (SSSR count). The molecule has 1 heterocycles. The lowest BCUT2D eigenvalue weighted by Crippen LogP contribution is -2.32. The van der Waals surface area contributed by atoms with Crippen LogP contribution in [0.2, 0.25) is 5.02 Å². The fraction of sp³-hybridized carbons (Fsp3) is 0.286. The molecule has 0 radical (unpaired) electrons. The average molecular weight is 616 g/mol. The number of carbonyl (C=O) groups is 2. The topological polar surface area (TPSA) is 69.6 Å². The zero-order chi connectivity index (χ0) is 28.4. The predicted molar refractivity (Wildman–Crippen MR) is 163 cm³/mol. The van der Waals surface area contributed by atoms with Crippen LogP contribution < -0.4 is 10.2 Å². The Morgan fingerprint density at radius 1 is 0.947 bits per heavy atom. The first-order valence-electron chi connectivity index (χ1n) is 12.1. The maximum absolute atomic E-state index is 13.5. The molecule has 38 heavy (non-hydrogen) atoms. The van der Waals surface area contributed by atoms with E-state index in [0.29, 0.717) is 52.5 Å². The number of halogens is 4. The van der Waals surface area contributed by atoms with Gasteiger partial charge < -0.3 is 15.3 Å². The largest absolute Gasteiger partial charge is 0.388 e. The van der Waals surface area contributed by atoms with Gasteiger partial charge in [0.05, 0.1) is 6.10 Å². The zero-order valence-corrected chi connectivity index (χ0v) is 25.6. The molecular formula is C28H31Cl4N2O3P. The molecule has 1 atom stereocenters. The normalized spacial score (nSPS) is 14.3. The van der Waals surface area contributed by atoms with Gasteiger partial charge in [-0.2, -0.15) is 0 Å². The number of carbonyl (C=O) groups excluding carboxylic acids is 2. The monoisotopic (exact) mass is 614 g/mol. The van der Waals surface area contributed by atoms with E-state index in [1.807, 2.05) is 45.9 Å². The van der Waals surface area contributed by atoms with Crippen molar-refractivity contribution in [1.82, 2.24) is 0 Å². The Bertz CT molecular complexity index is 1250. The quantitative estimate of drug-likeness (QED) is 0.288. The van der Waals surface area contributed by atoms with Crippen molar-refractivity contribution < 1.29 is 14.7 Å². The van der Waals surface area contributed by atoms with Gasteiger partial charge in [0, 0.05) is 39.6 Å². The van der Waals surface area contributed by atoms with E-state index in [2.05, 4.69) is 5.32 Å². The van der Waals surface area contributed by atoms with Crippen LogP contribution in [-0.4, -0.2) is 23.5 Å². The predicted octanol–water partition coefficient (Wildman–Crippen LogP) is 9.64. The smallest absolute Gasteiger partial charge is 0.258 e. The minimum atomic E-state index is -1.20. The second-order valence-corrected chi connectivity index (χ2v) is 13.7. The number of rotatable bonds is 3. The molecule has 3 aromatic carbocycles. The van der Waals surface area contributed by atoms with E-state index in [1.54, 1.807) is 47.4 Å². The molecule has 5 nitrogen and oxygen atoms in total. The molecule has 0 bridgehead atoms. The Hall–Kier alpha value is -1.85. The van der Waals surface area contributed by atoms with Crippen molar-refractivity contribution in [2.45, 2.75) is 46.6 Å². The molecule has 2 N–H and O–H groups in total. The summed E-state index contributed by atoms with van der Waals surface area (Å²) in [5.74, 6) is -1.53. The first-order valence-corrected chi connectivity index (χ1v) is 16.6. The summed E-state index contributed by atoms with van der Waals surface area (Å²) in [6.07, 6.45) is 0.602. The molecule has 204 valence electrons. The molecule has 0 aliphatic carbocycles. The van der Waals surface area contributed by atoms with E-state index < -0.39 is 12.1 Å². The first kappa shape index (κ1) is 32.4. The number of hydrogen-bond donors (Lipinski definition) is 2. The summed E-state index contributed by atoms with van der Waals surface area (Å²) < 4.78 is 0. The number of hydrogen-bond acceptors (Lipinski definition) is 3. The maximum Gasteiger partial charge on any atom is 0.258 e. The second kappa shape index (κ2) is 15.7. The highest BCUT2D eigenvalue weighted by Crippen LogP contribution is 2.51. The molecule has 1 unspecified atom stereocenters. The summed E-state index contributed by atoms with van der Waals surface area (Å²) in [5.41, 5.74) is 4.81. The minimum absolute atomic E-state index is 0.142. The third kappa shape index (κ3) is 8.84. The molecule has 0 saturated heterocycles. The van der Waals surface area contributed by atoms with Crippen molar-refractivity contribution in [2.24, 2.45) is 0 Å². The third-order valence-electron chi connectivity index (χ3n) is 5.85. The van der Waals surface area contributed by atoms with Gasteiger partial charge in [-0.3, -0.25) is 9.59 Å². The minimum Gasteiger partial charge on any atom is -0.388 e. The van der Waals surface area contributed by atoms with Gasteiger partial charge in [-0.1, -0.05) is 77.4 Å². The number of nitrogens with zero attached hydrogens (tertiary/aromatic N) is 1. The Labute approximate surface area is 245 Å². The Morgan fingerprint density at radius 2 is 1.61 bits per heavy atom. The van der Waals surface area contributed by atoms with Crippen LogP contribution in [0.15, 0.2) is 60.7 Å². The number of amides is 2. The van der Waals surface area contributed by atoms with E-state index in [-0.39, 0.29) is 11.8 Å². The highest BCUT2D eigenvalue weighted by atomic mass is 36.0.